The normalized spacial score (nSPS) is 11.8. The molecule has 0 spiro atoms. The van der Waals surface area contributed by atoms with Gasteiger partial charge in [0.15, 0.2) is 6.10 Å². The van der Waals surface area contributed by atoms with Crippen LogP contribution < -0.4 is 0 Å². The van der Waals surface area contributed by atoms with Crippen molar-refractivity contribution in [3.63, 3.8) is 0 Å². The van der Waals surface area contributed by atoms with E-state index in [0.29, 0.717) is 19.8 Å². The molecule has 0 amide bonds. The van der Waals surface area contributed by atoms with Crippen molar-refractivity contribution >= 4 is 12.1 Å². The predicted molar refractivity (Wildman–Crippen MR) is 92.0 cm³/mol. The lowest BCUT2D eigenvalue weighted by Crippen LogP contribution is -2.27. The number of rotatable bonds is 15. The third-order valence-corrected chi connectivity index (χ3v) is 3.44. The molecule has 0 rings (SSSR count). The van der Waals surface area contributed by atoms with Crippen molar-refractivity contribution in [3.8, 4) is 0 Å². The molecule has 0 radical (unpaired) electrons. The molecule has 6 heteroatoms. The summed E-state index contributed by atoms with van der Waals surface area (Å²) in [4.78, 5) is 23.1. The number of hydrogen-bond donors (Lipinski definition) is 0. The average Bonchev–Trinajstić information content (AvgIpc) is 2.56. The highest BCUT2D eigenvalue weighted by Gasteiger charge is 2.20. The maximum Gasteiger partial charge on any atom is 0.509 e. The maximum atomic E-state index is 11.7. The van der Waals surface area contributed by atoms with Gasteiger partial charge in [-0.2, -0.15) is 0 Å². The molecule has 0 aliphatic rings. The summed E-state index contributed by atoms with van der Waals surface area (Å²) in [6, 6.07) is 0. The third kappa shape index (κ3) is 14.3. The van der Waals surface area contributed by atoms with Crippen LogP contribution in [0, 0.1) is 0 Å². The first-order valence-corrected chi connectivity index (χ1v) is 9.19. The van der Waals surface area contributed by atoms with Crippen LogP contribution in [0.25, 0.3) is 0 Å². The summed E-state index contributed by atoms with van der Waals surface area (Å²) < 4.78 is 20.1. The van der Waals surface area contributed by atoms with Crippen LogP contribution in [0.1, 0.15) is 72.1 Å². The van der Waals surface area contributed by atoms with Crippen LogP contribution in [0.2, 0.25) is 0 Å². The number of carbonyl (C=O) groups is 2. The van der Waals surface area contributed by atoms with Gasteiger partial charge in [-0.15, -0.1) is 0 Å². The van der Waals surface area contributed by atoms with Crippen molar-refractivity contribution in [2.24, 2.45) is 0 Å². The maximum absolute atomic E-state index is 11.7. The van der Waals surface area contributed by atoms with E-state index in [1.54, 1.807) is 0 Å². The lowest BCUT2D eigenvalue weighted by Gasteiger charge is -2.13. The van der Waals surface area contributed by atoms with Gasteiger partial charge in [0.25, 0.3) is 0 Å². The van der Waals surface area contributed by atoms with E-state index in [1.165, 1.54) is 19.8 Å². The van der Waals surface area contributed by atoms with Crippen molar-refractivity contribution in [2.75, 3.05) is 26.4 Å². The Kier molecular flexibility index (Phi) is 15.7. The third-order valence-electron chi connectivity index (χ3n) is 3.44. The second-order valence-electron chi connectivity index (χ2n) is 5.76. The van der Waals surface area contributed by atoms with E-state index in [1.807, 2.05) is 0 Å². The van der Waals surface area contributed by atoms with Gasteiger partial charge in [0.2, 0.25) is 0 Å². The average molecular weight is 346 g/mol. The summed E-state index contributed by atoms with van der Waals surface area (Å²) >= 11 is 0. The lowest BCUT2D eigenvalue weighted by atomic mass is 10.2. The van der Waals surface area contributed by atoms with Crippen LogP contribution in [0.5, 0.6) is 0 Å². The van der Waals surface area contributed by atoms with E-state index < -0.39 is 18.2 Å². The van der Waals surface area contributed by atoms with Crippen LogP contribution in [0.3, 0.4) is 0 Å². The molecule has 0 unspecified atom stereocenters. The van der Waals surface area contributed by atoms with E-state index in [2.05, 4.69) is 13.8 Å². The summed E-state index contributed by atoms with van der Waals surface area (Å²) in [5.74, 6) is -0.590. The Morgan fingerprint density at radius 1 is 0.750 bits per heavy atom. The summed E-state index contributed by atoms with van der Waals surface area (Å²) in [5, 5.41) is 0. The van der Waals surface area contributed by atoms with Gasteiger partial charge in [0.05, 0.1) is 13.2 Å². The fourth-order valence-corrected chi connectivity index (χ4v) is 1.96. The molecule has 142 valence electrons. The molecular weight excluding hydrogens is 312 g/mol. The molecular formula is C18H34O6. The van der Waals surface area contributed by atoms with Crippen LogP contribution in [-0.2, 0) is 23.7 Å². The molecule has 0 saturated heterocycles. The van der Waals surface area contributed by atoms with Crippen LogP contribution in [0.15, 0.2) is 0 Å². The first-order chi connectivity index (χ1) is 11.6. The smallest absolute Gasteiger partial charge is 0.461 e. The Bertz CT molecular complexity index is 319. The zero-order valence-electron chi connectivity index (χ0n) is 15.5. The largest absolute Gasteiger partial charge is 0.509 e. The van der Waals surface area contributed by atoms with E-state index in [0.717, 1.165) is 38.5 Å². The number of ether oxygens (including phenoxy) is 4. The van der Waals surface area contributed by atoms with Gasteiger partial charge >= 0.3 is 12.1 Å². The van der Waals surface area contributed by atoms with E-state index in [4.69, 9.17) is 18.9 Å². The molecule has 0 aliphatic carbocycles. The fraction of sp³-hybridized carbons (Fsp3) is 0.889. The summed E-state index contributed by atoms with van der Waals surface area (Å²) in [6.07, 6.45) is 6.82. The summed E-state index contributed by atoms with van der Waals surface area (Å²) in [7, 11) is 0. The van der Waals surface area contributed by atoms with Gasteiger partial charge in [-0.3, -0.25) is 0 Å². The molecule has 0 saturated carbocycles. The molecule has 0 aromatic heterocycles. The van der Waals surface area contributed by atoms with E-state index in [9.17, 15) is 9.59 Å². The summed E-state index contributed by atoms with van der Waals surface area (Å²) in [5.41, 5.74) is 0. The van der Waals surface area contributed by atoms with Gasteiger partial charge in [0.1, 0.15) is 6.61 Å². The zero-order chi connectivity index (χ0) is 18.0. The minimum Gasteiger partial charge on any atom is -0.461 e. The molecule has 6 nitrogen and oxygen atoms in total. The molecule has 1 atom stereocenters. The predicted octanol–water partition coefficient (Wildman–Crippen LogP) is 4.25. The Hall–Kier alpha value is -1.30. The fourth-order valence-electron chi connectivity index (χ4n) is 1.96. The van der Waals surface area contributed by atoms with Crippen molar-refractivity contribution in [1.29, 1.82) is 0 Å². The number of hydrogen-bond acceptors (Lipinski definition) is 6. The Morgan fingerprint density at radius 3 is 2.00 bits per heavy atom. The van der Waals surface area contributed by atoms with Crippen LogP contribution >= 0.6 is 0 Å². The second kappa shape index (κ2) is 16.6. The second-order valence-corrected chi connectivity index (χ2v) is 5.76. The standard InChI is InChI=1S/C18H34O6/c1-4-6-8-10-12-21-14-15-22-17(19)16(3)24-18(20)23-13-11-9-7-5-2/h16H,4-15H2,1-3H3/t16-/m1/s1. The Balaban J connectivity index is 3.56. The number of esters is 1. The first kappa shape index (κ1) is 22.7. The van der Waals surface area contributed by atoms with Gasteiger partial charge in [0, 0.05) is 6.61 Å². The molecule has 0 heterocycles. The van der Waals surface area contributed by atoms with Gasteiger partial charge in [-0.25, -0.2) is 9.59 Å². The van der Waals surface area contributed by atoms with Crippen molar-refractivity contribution < 1.29 is 28.5 Å². The van der Waals surface area contributed by atoms with Crippen molar-refractivity contribution in [1.82, 2.24) is 0 Å². The highest BCUT2D eigenvalue weighted by molar-refractivity contribution is 5.76. The molecule has 0 fully saturated rings. The van der Waals surface area contributed by atoms with Crippen molar-refractivity contribution in [2.45, 2.75) is 78.2 Å². The van der Waals surface area contributed by atoms with Crippen LogP contribution in [-0.4, -0.2) is 44.7 Å². The van der Waals surface area contributed by atoms with Crippen LogP contribution in [0.4, 0.5) is 4.79 Å². The van der Waals surface area contributed by atoms with E-state index >= 15 is 0 Å². The van der Waals surface area contributed by atoms with E-state index in [-0.39, 0.29) is 6.61 Å². The number of carbonyl (C=O) groups excluding carboxylic acids is 2. The minimum absolute atomic E-state index is 0.159. The van der Waals surface area contributed by atoms with Gasteiger partial charge in [-0.05, 0) is 19.8 Å². The summed E-state index contributed by atoms with van der Waals surface area (Å²) in [6.45, 7) is 7.23. The molecule has 0 N–H and O–H groups in total. The highest BCUT2D eigenvalue weighted by Crippen LogP contribution is 2.02. The molecule has 0 aliphatic heterocycles. The Morgan fingerprint density at radius 2 is 1.38 bits per heavy atom. The molecule has 0 bridgehead atoms. The molecule has 24 heavy (non-hydrogen) atoms. The van der Waals surface area contributed by atoms with Gasteiger partial charge < -0.3 is 18.9 Å². The number of unbranched alkanes of at least 4 members (excludes halogenated alkanes) is 6. The first-order valence-electron chi connectivity index (χ1n) is 9.19. The Labute approximate surface area is 146 Å². The molecule has 0 aromatic carbocycles. The van der Waals surface area contributed by atoms with Gasteiger partial charge in [-0.1, -0.05) is 52.4 Å². The SMILES string of the molecule is CCCCCCOCCOC(=O)[C@@H](C)OC(=O)OCCCCCC. The van der Waals surface area contributed by atoms with Crippen molar-refractivity contribution in [3.05, 3.63) is 0 Å². The lowest BCUT2D eigenvalue weighted by molar-refractivity contribution is -0.155. The molecule has 0 aromatic rings. The topological polar surface area (TPSA) is 71.1 Å². The zero-order valence-corrected chi connectivity index (χ0v) is 15.5. The minimum atomic E-state index is -0.974. The quantitative estimate of drug-likeness (QED) is 0.326. The monoisotopic (exact) mass is 346 g/mol. The highest BCUT2D eigenvalue weighted by atomic mass is 16.7.